The number of hydrogen-bond acceptors (Lipinski definition) is 2. The Morgan fingerprint density at radius 3 is 2.95 bits per heavy atom. The van der Waals surface area contributed by atoms with Crippen molar-refractivity contribution in [2.75, 3.05) is 18.0 Å². The average molecular weight is 308 g/mol. The van der Waals surface area contributed by atoms with Gasteiger partial charge in [-0.05, 0) is 49.0 Å². The van der Waals surface area contributed by atoms with Gasteiger partial charge in [-0.1, -0.05) is 31.0 Å². The Labute approximate surface area is 131 Å². The van der Waals surface area contributed by atoms with Crippen LogP contribution in [0.25, 0.3) is 6.08 Å². The van der Waals surface area contributed by atoms with Crippen molar-refractivity contribution in [3.05, 3.63) is 34.9 Å². The number of benzene rings is 1. The first kappa shape index (κ1) is 15.9. The summed E-state index contributed by atoms with van der Waals surface area (Å²) in [6.45, 7) is 4.26. The maximum Gasteiger partial charge on any atom is 0.328 e. The normalized spacial score (nSPS) is 19.7. The highest BCUT2D eigenvalue weighted by Gasteiger charge is 2.17. The number of hydrogen-bond donors (Lipinski definition) is 1. The van der Waals surface area contributed by atoms with Crippen LogP contribution in [0.1, 0.15) is 38.2 Å². The lowest BCUT2D eigenvalue weighted by Crippen LogP contribution is -2.25. The lowest BCUT2D eigenvalue weighted by molar-refractivity contribution is -0.131. The van der Waals surface area contributed by atoms with E-state index >= 15 is 0 Å². The highest BCUT2D eigenvalue weighted by atomic mass is 35.5. The van der Waals surface area contributed by atoms with Crippen molar-refractivity contribution in [1.29, 1.82) is 0 Å². The zero-order valence-electron chi connectivity index (χ0n) is 12.4. The third-order valence-electron chi connectivity index (χ3n) is 4.16. The minimum atomic E-state index is -0.933. The minimum Gasteiger partial charge on any atom is -0.478 e. The number of carbonyl (C=O) groups is 1. The second-order valence-electron chi connectivity index (χ2n) is 5.57. The van der Waals surface area contributed by atoms with E-state index in [-0.39, 0.29) is 0 Å². The maximum atomic E-state index is 10.7. The average Bonchev–Trinajstić information content (AvgIpc) is 2.71. The second kappa shape index (κ2) is 7.51. The first-order valence-electron chi connectivity index (χ1n) is 7.55. The molecule has 1 saturated heterocycles. The molecule has 1 aromatic rings. The fourth-order valence-corrected chi connectivity index (χ4v) is 3.07. The van der Waals surface area contributed by atoms with Gasteiger partial charge < -0.3 is 10.0 Å². The van der Waals surface area contributed by atoms with Gasteiger partial charge in [0.1, 0.15) is 0 Å². The molecule has 1 aliphatic rings. The van der Waals surface area contributed by atoms with E-state index < -0.39 is 5.97 Å². The third kappa shape index (κ3) is 4.50. The van der Waals surface area contributed by atoms with Crippen molar-refractivity contribution in [2.45, 2.75) is 32.6 Å². The fraction of sp³-hybridized carbons (Fsp3) is 0.471. The smallest absolute Gasteiger partial charge is 0.328 e. The van der Waals surface area contributed by atoms with Gasteiger partial charge in [-0.3, -0.25) is 0 Å². The third-order valence-corrected chi connectivity index (χ3v) is 4.40. The van der Waals surface area contributed by atoms with Crippen LogP contribution in [0.15, 0.2) is 24.3 Å². The number of carboxylic acids is 1. The molecule has 21 heavy (non-hydrogen) atoms. The molecule has 1 heterocycles. The van der Waals surface area contributed by atoms with Crippen molar-refractivity contribution < 1.29 is 9.90 Å². The van der Waals surface area contributed by atoms with Crippen LogP contribution in [0.2, 0.25) is 5.02 Å². The van der Waals surface area contributed by atoms with Gasteiger partial charge in [0.25, 0.3) is 0 Å². The van der Waals surface area contributed by atoms with Crippen LogP contribution in [-0.2, 0) is 4.79 Å². The van der Waals surface area contributed by atoms with E-state index in [0.717, 1.165) is 30.3 Å². The summed E-state index contributed by atoms with van der Waals surface area (Å²) in [5.74, 6) is -0.134. The molecule has 0 aromatic heterocycles. The van der Waals surface area contributed by atoms with Gasteiger partial charge in [0, 0.05) is 29.9 Å². The Balaban J connectivity index is 2.24. The molecule has 0 radical (unpaired) electrons. The van der Waals surface area contributed by atoms with Crippen LogP contribution < -0.4 is 4.90 Å². The monoisotopic (exact) mass is 307 g/mol. The van der Waals surface area contributed by atoms with Gasteiger partial charge in [0.05, 0.1) is 0 Å². The Morgan fingerprint density at radius 2 is 2.24 bits per heavy atom. The van der Waals surface area contributed by atoms with Crippen LogP contribution in [0.3, 0.4) is 0 Å². The number of anilines is 1. The highest BCUT2D eigenvalue weighted by molar-refractivity contribution is 6.31. The lowest BCUT2D eigenvalue weighted by atomic mass is 9.98. The minimum absolute atomic E-state index is 0.689. The zero-order valence-corrected chi connectivity index (χ0v) is 13.1. The number of rotatable bonds is 4. The molecule has 0 saturated carbocycles. The summed E-state index contributed by atoms with van der Waals surface area (Å²) in [7, 11) is 0. The largest absolute Gasteiger partial charge is 0.478 e. The predicted molar refractivity (Wildman–Crippen MR) is 88.0 cm³/mol. The van der Waals surface area contributed by atoms with Crippen molar-refractivity contribution >= 4 is 29.3 Å². The summed E-state index contributed by atoms with van der Waals surface area (Å²) in [5, 5.41) is 9.50. The molecule has 0 spiro atoms. The number of halogens is 1. The standard InChI is InChI=1S/C17H22ClNO2/c1-2-13-4-3-10-19(11-9-13)16-12-15(18)7-5-14(16)6-8-17(20)21/h5-8,12-13H,2-4,9-11H2,1H3,(H,20,21)/b8-6+. The van der Waals surface area contributed by atoms with E-state index in [4.69, 9.17) is 16.7 Å². The summed E-state index contributed by atoms with van der Waals surface area (Å²) < 4.78 is 0. The fourth-order valence-electron chi connectivity index (χ4n) is 2.91. The molecular formula is C17H22ClNO2. The quantitative estimate of drug-likeness (QED) is 0.835. The zero-order chi connectivity index (χ0) is 15.2. The summed E-state index contributed by atoms with van der Waals surface area (Å²) >= 11 is 6.13. The Hall–Kier alpha value is -1.48. The Bertz CT molecular complexity index is 528. The summed E-state index contributed by atoms with van der Waals surface area (Å²) in [4.78, 5) is 13.1. The molecule has 1 aromatic carbocycles. The van der Waals surface area contributed by atoms with Gasteiger partial charge in [-0.25, -0.2) is 4.79 Å². The van der Waals surface area contributed by atoms with Crippen LogP contribution in [0.5, 0.6) is 0 Å². The molecular weight excluding hydrogens is 286 g/mol. The molecule has 0 bridgehead atoms. The van der Waals surface area contributed by atoms with Crippen LogP contribution in [-0.4, -0.2) is 24.2 Å². The number of aliphatic carboxylic acids is 1. The topological polar surface area (TPSA) is 40.5 Å². The second-order valence-corrected chi connectivity index (χ2v) is 6.00. The van der Waals surface area contributed by atoms with Gasteiger partial charge in [0.2, 0.25) is 0 Å². The molecule has 3 nitrogen and oxygen atoms in total. The first-order valence-corrected chi connectivity index (χ1v) is 7.93. The summed E-state index contributed by atoms with van der Waals surface area (Å²) in [6.07, 6.45) is 7.69. The molecule has 1 unspecified atom stereocenters. The van der Waals surface area contributed by atoms with Crippen molar-refractivity contribution in [1.82, 2.24) is 0 Å². The number of carboxylic acid groups (broad SMARTS) is 1. The first-order chi connectivity index (χ1) is 10.1. The summed E-state index contributed by atoms with van der Waals surface area (Å²) in [5.41, 5.74) is 1.95. The van der Waals surface area contributed by atoms with E-state index in [1.165, 1.54) is 31.8 Å². The van der Waals surface area contributed by atoms with Gasteiger partial charge in [-0.2, -0.15) is 0 Å². The van der Waals surface area contributed by atoms with Crippen LogP contribution in [0.4, 0.5) is 5.69 Å². The molecule has 0 amide bonds. The van der Waals surface area contributed by atoms with Crippen molar-refractivity contribution in [3.63, 3.8) is 0 Å². The van der Waals surface area contributed by atoms with Crippen LogP contribution in [0, 0.1) is 5.92 Å². The van der Waals surface area contributed by atoms with Crippen molar-refractivity contribution in [2.24, 2.45) is 5.92 Å². The lowest BCUT2D eigenvalue weighted by Gasteiger charge is -2.25. The molecule has 1 atom stereocenters. The Kier molecular flexibility index (Phi) is 5.68. The number of nitrogens with zero attached hydrogens (tertiary/aromatic N) is 1. The SMILES string of the molecule is CCC1CCCN(c2cc(Cl)ccc2/C=C/C(=O)O)CC1. The molecule has 1 N–H and O–H groups in total. The van der Waals surface area contributed by atoms with Crippen molar-refractivity contribution in [3.8, 4) is 0 Å². The van der Waals surface area contributed by atoms with Crippen LogP contribution >= 0.6 is 11.6 Å². The van der Waals surface area contributed by atoms with Gasteiger partial charge >= 0.3 is 5.97 Å². The summed E-state index contributed by atoms with van der Waals surface area (Å²) in [6, 6.07) is 5.63. The molecule has 0 aliphatic carbocycles. The van der Waals surface area contributed by atoms with Gasteiger partial charge in [-0.15, -0.1) is 0 Å². The van der Waals surface area contributed by atoms with E-state index in [1.54, 1.807) is 12.1 Å². The predicted octanol–water partition coefficient (Wildman–Crippen LogP) is 4.45. The van der Waals surface area contributed by atoms with Gasteiger partial charge in [0.15, 0.2) is 0 Å². The van der Waals surface area contributed by atoms with E-state index in [0.29, 0.717) is 5.02 Å². The Morgan fingerprint density at radius 1 is 1.43 bits per heavy atom. The molecule has 114 valence electrons. The highest BCUT2D eigenvalue weighted by Crippen LogP contribution is 2.30. The molecule has 1 fully saturated rings. The molecule has 1 aliphatic heterocycles. The molecule has 4 heteroatoms. The van der Waals surface area contributed by atoms with E-state index in [9.17, 15) is 4.79 Å². The molecule has 2 rings (SSSR count). The van der Waals surface area contributed by atoms with E-state index in [2.05, 4.69) is 11.8 Å². The van der Waals surface area contributed by atoms with E-state index in [1.807, 2.05) is 12.1 Å². The maximum absolute atomic E-state index is 10.7.